The van der Waals surface area contributed by atoms with Gasteiger partial charge in [0.2, 0.25) is 5.78 Å². The van der Waals surface area contributed by atoms with E-state index in [1.807, 2.05) is 0 Å². The van der Waals surface area contributed by atoms with Crippen molar-refractivity contribution in [2.24, 2.45) is 4.99 Å². The molecule has 1 heterocycles. The Bertz CT molecular complexity index is 756. The van der Waals surface area contributed by atoms with Gasteiger partial charge in [0.1, 0.15) is 17.2 Å². The molecule has 1 aliphatic carbocycles. The number of Topliss-reactive ketones (excluding diaryl/α,β-unsaturated/α-hetero) is 2. The molecule has 98 valence electrons. The minimum atomic E-state index is -0.551. The summed E-state index contributed by atoms with van der Waals surface area (Å²) in [5.41, 5.74) is 0.0212. The predicted molar refractivity (Wildman–Crippen MR) is 68.8 cm³/mol. The summed E-state index contributed by atoms with van der Waals surface area (Å²) in [5, 5.41) is 0. The quantitative estimate of drug-likeness (QED) is 0.795. The van der Waals surface area contributed by atoms with Crippen LogP contribution >= 0.6 is 0 Å². The molecule has 0 amide bonds. The van der Waals surface area contributed by atoms with Crippen LogP contribution in [0.5, 0.6) is 0 Å². The zero-order chi connectivity index (χ0) is 14.1. The van der Waals surface area contributed by atoms with E-state index < -0.39 is 11.6 Å². The lowest BCUT2D eigenvalue weighted by Crippen LogP contribution is -2.29. The summed E-state index contributed by atoms with van der Waals surface area (Å²) in [5.74, 6) is -1.39. The van der Waals surface area contributed by atoms with Gasteiger partial charge in [-0.2, -0.15) is 0 Å². The predicted octanol–water partition coefficient (Wildman–Crippen LogP) is 2.16. The topological polar surface area (TPSA) is 72.3 Å². The van der Waals surface area contributed by atoms with Gasteiger partial charge in [-0.3, -0.25) is 9.59 Å². The van der Waals surface area contributed by atoms with Crippen molar-refractivity contribution in [1.82, 2.24) is 9.97 Å². The van der Waals surface area contributed by atoms with Crippen LogP contribution in [0.2, 0.25) is 0 Å². The number of rotatable bonds is 1. The van der Waals surface area contributed by atoms with Crippen molar-refractivity contribution in [3.8, 4) is 0 Å². The van der Waals surface area contributed by atoms with E-state index in [1.165, 1.54) is 30.6 Å². The molecule has 6 heteroatoms. The fraction of sp³-hybridized carbons (Fsp3) is 0.0714. The molecule has 1 aromatic carbocycles. The number of fused-ring (bicyclic) bond motifs is 1. The second-order valence-corrected chi connectivity index (χ2v) is 4.19. The van der Waals surface area contributed by atoms with E-state index in [9.17, 15) is 14.0 Å². The number of aliphatic imine (C=N–C) groups is 1. The van der Waals surface area contributed by atoms with Gasteiger partial charge < -0.3 is 0 Å². The Hall–Kier alpha value is -2.76. The van der Waals surface area contributed by atoms with Gasteiger partial charge in [0, 0.05) is 12.4 Å². The SMILES string of the molecule is O=C1CC(=Nc2ccccc2F)C(=O)c2nccnc21. The van der Waals surface area contributed by atoms with Crippen LogP contribution in [0.25, 0.3) is 0 Å². The summed E-state index contributed by atoms with van der Waals surface area (Å²) in [6, 6.07) is 5.80. The highest BCUT2D eigenvalue weighted by Gasteiger charge is 2.31. The Morgan fingerprint density at radius 3 is 2.50 bits per heavy atom. The highest BCUT2D eigenvalue weighted by molar-refractivity contribution is 6.52. The lowest BCUT2D eigenvalue weighted by molar-refractivity contribution is 0.0957. The van der Waals surface area contributed by atoms with Gasteiger partial charge >= 0.3 is 0 Å². The zero-order valence-corrected chi connectivity index (χ0v) is 10.2. The molecule has 0 N–H and O–H groups in total. The molecule has 0 spiro atoms. The van der Waals surface area contributed by atoms with Gasteiger partial charge in [-0.1, -0.05) is 12.1 Å². The summed E-state index contributed by atoms with van der Waals surface area (Å²) in [7, 11) is 0. The first kappa shape index (κ1) is 12.3. The third kappa shape index (κ3) is 2.01. The Kier molecular flexibility index (Phi) is 2.90. The van der Waals surface area contributed by atoms with Gasteiger partial charge in [0.25, 0.3) is 0 Å². The standard InChI is InChI=1S/C14H8FN3O2/c15-8-3-1-2-4-9(8)18-10-7-11(19)12-13(14(10)20)17-6-5-16-12/h1-6H,7H2. The summed E-state index contributed by atoms with van der Waals surface area (Å²) in [6.07, 6.45) is 2.48. The van der Waals surface area contributed by atoms with Crippen LogP contribution in [0.3, 0.4) is 0 Å². The average Bonchev–Trinajstić information content (AvgIpc) is 2.47. The van der Waals surface area contributed by atoms with Crippen molar-refractivity contribution in [1.29, 1.82) is 0 Å². The number of benzene rings is 1. The molecule has 0 radical (unpaired) electrons. The molecule has 0 atom stereocenters. The molecule has 0 fully saturated rings. The molecule has 1 aliphatic rings. The van der Waals surface area contributed by atoms with Crippen molar-refractivity contribution < 1.29 is 14.0 Å². The van der Waals surface area contributed by atoms with E-state index in [-0.39, 0.29) is 35.0 Å². The fourth-order valence-electron chi connectivity index (χ4n) is 1.94. The number of aromatic nitrogens is 2. The maximum Gasteiger partial charge on any atom is 0.228 e. The highest BCUT2D eigenvalue weighted by Crippen LogP contribution is 2.21. The maximum atomic E-state index is 13.5. The van der Waals surface area contributed by atoms with Gasteiger partial charge in [-0.05, 0) is 12.1 Å². The molecular formula is C14H8FN3O2. The number of hydrogen-bond donors (Lipinski definition) is 0. The molecule has 5 nitrogen and oxygen atoms in total. The number of carbonyl (C=O) groups excluding carboxylic acids is 2. The second-order valence-electron chi connectivity index (χ2n) is 4.19. The van der Waals surface area contributed by atoms with Crippen LogP contribution in [0.1, 0.15) is 27.4 Å². The zero-order valence-electron chi connectivity index (χ0n) is 10.2. The van der Waals surface area contributed by atoms with Crippen LogP contribution in [0.15, 0.2) is 41.7 Å². The third-order valence-corrected chi connectivity index (χ3v) is 2.88. The molecular weight excluding hydrogens is 261 g/mol. The molecule has 1 aromatic heterocycles. The number of para-hydroxylation sites is 1. The van der Waals surface area contributed by atoms with Crippen molar-refractivity contribution >= 4 is 23.0 Å². The molecule has 0 aliphatic heterocycles. The number of nitrogens with zero attached hydrogens (tertiary/aromatic N) is 3. The first-order valence-electron chi connectivity index (χ1n) is 5.88. The van der Waals surface area contributed by atoms with E-state index in [2.05, 4.69) is 15.0 Å². The smallest absolute Gasteiger partial charge is 0.228 e. The molecule has 3 rings (SSSR count). The maximum absolute atomic E-state index is 13.5. The van der Waals surface area contributed by atoms with Crippen LogP contribution in [0.4, 0.5) is 10.1 Å². The highest BCUT2D eigenvalue weighted by atomic mass is 19.1. The van der Waals surface area contributed by atoms with Crippen LogP contribution in [-0.4, -0.2) is 27.2 Å². The molecule has 2 aromatic rings. The molecule has 20 heavy (non-hydrogen) atoms. The lowest BCUT2D eigenvalue weighted by Gasteiger charge is -2.13. The minimum absolute atomic E-state index is 0.0203. The minimum Gasteiger partial charge on any atom is -0.292 e. The largest absolute Gasteiger partial charge is 0.292 e. The van der Waals surface area contributed by atoms with E-state index in [1.54, 1.807) is 6.07 Å². The first-order valence-corrected chi connectivity index (χ1v) is 5.88. The van der Waals surface area contributed by atoms with E-state index in [0.717, 1.165) is 0 Å². The van der Waals surface area contributed by atoms with Crippen molar-refractivity contribution in [2.45, 2.75) is 6.42 Å². The molecule has 0 saturated heterocycles. The van der Waals surface area contributed by atoms with Crippen LogP contribution in [-0.2, 0) is 0 Å². The Labute approximate surface area is 113 Å². The fourth-order valence-corrected chi connectivity index (χ4v) is 1.94. The normalized spacial score (nSPS) is 16.4. The lowest BCUT2D eigenvalue weighted by atomic mass is 9.95. The van der Waals surface area contributed by atoms with Gasteiger partial charge in [0.15, 0.2) is 5.78 Å². The summed E-state index contributed by atoms with van der Waals surface area (Å²) in [4.78, 5) is 35.7. The molecule has 0 bridgehead atoms. The van der Waals surface area contributed by atoms with Gasteiger partial charge in [0.05, 0.1) is 17.8 Å². The Morgan fingerprint density at radius 1 is 1.05 bits per heavy atom. The molecule has 0 unspecified atom stereocenters. The van der Waals surface area contributed by atoms with Crippen LogP contribution < -0.4 is 0 Å². The Balaban J connectivity index is 2.08. The summed E-state index contributed by atoms with van der Waals surface area (Å²) < 4.78 is 13.5. The Morgan fingerprint density at radius 2 is 1.75 bits per heavy atom. The third-order valence-electron chi connectivity index (χ3n) is 2.88. The van der Waals surface area contributed by atoms with Crippen molar-refractivity contribution in [3.63, 3.8) is 0 Å². The summed E-state index contributed by atoms with van der Waals surface area (Å²) in [6.45, 7) is 0. The van der Waals surface area contributed by atoms with Gasteiger partial charge in [-0.15, -0.1) is 0 Å². The number of ketones is 2. The van der Waals surface area contributed by atoms with Crippen LogP contribution in [0, 0.1) is 5.82 Å². The first-order chi connectivity index (χ1) is 9.66. The number of carbonyl (C=O) groups is 2. The van der Waals surface area contributed by atoms with E-state index >= 15 is 0 Å². The second kappa shape index (κ2) is 4.73. The summed E-state index contributed by atoms with van der Waals surface area (Å²) >= 11 is 0. The molecule has 0 saturated carbocycles. The van der Waals surface area contributed by atoms with Crippen molar-refractivity contribution in [2.75, 3.05) is 0 Å². The number of hydrogen-bond acceptors (Lipinski definition) is 5. The van der Waals surface area contributed by atoms with Crippen molar-refractivity contribution in [3.05, 3.63) is 53.9 Å². The van der Waals surface area contributed by atoms with Gasteiger partial charge in [-0.25, -0.2) is 19.4 Å². The average molecular weight is 269 g/mol. The monoisotopic (exact) mass is 269 g/mol. The number of halogens is 1. The van der Waals surface area contributed by atoms with E-state index in [0.29, 0.717) is 0 Å². The van der Waals surface area contributed by atoms with E-state index in [4.69, 9.17) is 0 Å².